The molecule has 0 radical (unpaired) electrons. The first kappa shape index (κ1) is 28.1. The van der Waals surface area contributed by atoms with Crippen molar-refractivity contribution < 1.29 is 53.0 Å². The van der Waals surface area contributed by atoms with Crippen LogP contribution < -0.4 is 0 Å². The van der Waals surface area contributed by atoms with Gasteiger partial charge in [-0.15, -0.1) is 0 Å². The van der Waals surface area contributed by atoms with Gasteiger partial charge in [-0.3, -0.25) is 4.79 Å². The summed E-state index contributed by atoms with van der Waals surface area (Å²) in [6.45, 7) is 1.28. The van der Waals surface area contributed by atoms with Gasteiger partial charge in [-0.05, 0) is 19.3 Å². The lowest BCUT2D eigenvalue weighted by molar-refractivity contribution is -0.141. The molecule has 11 nitrogen and oxygen atoms in total. The lowest BCUT2D eigenvalue weighted by Crippen LogP contribution is -2.11. The predicted molar refractivity (Wildman–Crippen MR) is 108 cm³/mol. The smallest absolute Gasteiger partial charge is 0.331 e. The number of carbonyl (C=O) groups is 5. The standard InChI is InChI=1S/C19H27O11P/c1-15(20)28-9-2-12-31(27,13-3-10-29-18(25)7-5-16(21)22)14-4-11-30-19(26)8-6-17(23)24/h5-8H,2-4,9-14H2,1H3,(H,21,22)(H,23,24)/b7-5-,8-6-. The van der Waals surface area contributed by atoms with Crippen LogP contribution in [0.25, 0.3) is 0 Å². The summed E-state index contributed by atoms with van der Waals surface area (Å²) in [7, 11) is -2.76. The first-order valence-corrected chi connectivity index (χ1v) is 11.7. The van der Waals surface area contributed by atoms with E-state index in [1.54, 1.807) is 0 Å². The van der Waals surface area contributed by atoms with Crippen molar-refractivity contribution in [1.82, 2.24) is 0 Å². The normalized spacial score (nSPS) is 11.4. The highest BCUT2D eigenvalue weighted by molar-refractivity contribution is 7.63. The molecule has 0 rings (SSSR count). The van der Waals surface area contributed by atoms with Gasteiger partial charge in [-0.1, -0.05) is 0 Å². The summed E-state index contributed by atoms with van der Waals surface area (Å²) in [5, 5.41) is 16.9. The molecular weight excluding hydrogens is 435 g/mol. The summed E-state index contributed by atoms with van der Waals surface area (Å²) in [5.41, 5.74) is 0. The maximum atomic E-state index is 13.2. The Labute approximate surface area is 179 Å². The van der Waals surface area contributed by atoms with Crippen LogP contribution in [-0.2, 0) is 42.7 Å². The molecule has 0 saturated carbocycles. The molecule has 0 unspecified atom stereocenters. The summed E-state index contributed by atoms with van der Waals surface area (Å²) < 4.78 is 27.7. The van der Waals surface area contributed by atoms with E-state index in [0.717, 1.165) is 12.2 Å². The third-order valence-electron chi connectivity index (χ3n) is 3.65. The first-order valence-electron chi connectivity index (χ1n) is 9.40. The average Bonchev–Trinajstić information content (AvgIpc) is 2.69. The van der Waals surface area contributed by atoms with E-state index in [1.807, 2.05) is 0 Å². The van der Waals surface area contributed by atoms with Gasteiger partial charge >= 0.3 is 29.8 Å². The number of esters is 3. The number of aliphatic carboxylic acids is 2. The Morgan fingerprint density at radius 3 is 1.35 bits per heavy atom. The third-order valence-corrected chi connectivity index (χ3v) is 7.04. The summed E-state index contributed by atoms with van der Waals surface area (Å²) >= 11 is 0. The molecule has 0 heterocycles. The highest BCUT2D eigenvalue weighted by Gasteiger charge is 2.21. The van der Waals surface area contributed by atoms with E-state index < -0.39 is 37.0 Å². The number of hydrogen-bond donors (Lipinski definition) is 2. The topological polar surface area (TPSA) is 171 Å². The van der Waals surface area contributed by atoms with Crippen LogP contribution in [0.2, 0.25) is 0 Å². The Morgan fingerprint density at radius 2 is 1.03 bits per heavy atom. The van der Waals surface area contributed by atoms with Gasteiger partial charge in [0.05, 0.1) is 27.0 Å². The molecule has 0 aromatic heterocycles. The Kier molecular flexibility index (Phi) is 14.3. The van der Waals surface area contributed by atoms with Crippen LogP contribution in [0.4, 0.5) is 0 Å². The van der Waals surface area contributed by atoms with Crippen molar-refractivity contribution in [3.63, 3.8) is 0 Å². The van der Waals surface area contributed by atoms with Crippen LogP contribution in [0.3, 0.4) is 0 Å². The van der Waals surface area contributed by atoms with Crippen molar-refractivity contribution >= 4 is 37.0 Å². The molecule has 0 amide bonds. The third kappa shape index (κ3) is 17.6. The van der Waals surface area contributed by atoms with E-state index in [1.165, 1.54) is 6.92 Å². The average molecular weight is 462 g/mol. The van der Waals surface area contributed by atoms with Gasteiger partial charge in [0.1, 0.15) is 0 Å². The van der Waals surface area contributed by atoms with Crippen molar-refractivity contribution in [2.24, 2.45) is 0 Å². The molecule has 0 aromatic carbocycles. The molecule has 0 aliphatic carbocycles. The van der Waals surface area contributed by atoms with Crippen molar-refractivity contribution in [2.45, 2.75) is 26.2 Å². The fourth-order valence-electron chi connectivity index (χ4n) is 2.33. The molecule has 0 fully saturated rings. The fourth-order valence-corrected chi connectivity index (χ4v) is 5.12. The maximum absolute atomic E-state index is 13.2. The molecule has 2 N–H and O–H groups in total. The fraction of sp³-hybridized carbons (Fsp3) is 0.526. The Morgan fingerprint density at radius 1 is 0.677 bits per heavy atom. The molecule has 31 heavy (non-hydrogen) atoms. The van der Waals surface area contributed by atoms with Crippen LogP contribution in [0.15, 0.2) is 24.3 Å². The Hall–Kier alpha value is -2.94. The van der Waals surface area contributed by atoms with Crippen LogP contribution >= 0.6 is 7.14 Å². The number of rotatable bonds is 16. The van der Waals surface area contributed by atoms with E-state index in [-0.39, 0.29) is 51.1 Å². The molecule has 0 bridgehead atoms. The van der Waals surface area contributed by atoms with E-state index >= 15 is 0 Å². The summed E-state index contributed by atoms with van der Waals surface area (Å²) in [6, 6.07) is 0. The van der Waals surface area contributed by atoms with Gasteiger partial charge in [-0.25, -0.2) is 19.2 Å². The van der Waals surface area contributed by atoms with Gasteiger partial charge in [0.15, 0.2) is 0 Å². The largest absolute Gasteiger partial charge is 0.478 e. The minimum Gasteiger partial charge on any atom is -0.478 e. The molecule has 12 heteroatoms. The number of ether oxygens (including phenoxy) is 3. The van der Waals surface area contributed by atoms with Crippen molar-refractivity contribution in [3.05, 3.63) is 24.3 Å². The minimum absolute atomic E-state index is 0.0499. The Balaban J connectivity index is 4.54. The zero-order valence-electron chi connectivity index (χ0n) is 17.2. The first-order chi connectivity index (χ1) is 14.5. The molecule has 0 spiro atoms. The lowest BCUT2D eigenvalue weighted by Gasteiger charge is -2.18. The zero-order valence-corrected chi connectivity index (χ0v) is 18.1. The van der Waals surface area contributed by atoms with Gasteiger partial charge in [-0.2, -0.15) is 0 Å². The maximum Gasteiger partial charge on any atom is 0.331 e. The molecule has 0 saturated heterocycles. The molecular formula is C19H27O11P. The zero-order chi connectivity index (χ0) is 23.7. The van der Waals surface area contributed by atoms with Gasteiger partial charge in [0.2, 0.25) is 0 Å². The second-order valence-corrected chi connectivity index (χ2v) is 9.77. The van der Waals surface area contributed by atoms with E-state index in [2.05, 4.69) is 0 Å². The second kappa shape index (κ2) is 15.8. The van der Waals surface area contributed by atoms with Crippen LogP contribution in [0, 0.1) is 0 Å². The highest BCUT2D eigenvalue weighted by atomic mass is 31.2. The predicted octanol–water partition coefficient (Wildman–Crippen LogP) is 1.45. The monoisotopic (exact) mass is 462 g/mol. The summed E-state index contributed by atoms with van der Waals surface area (Å²) in [4.78, 5) is 54.2. The molecule has 0 atom stereocenters. The molecule has 0 aromatic rings. The number of carbonyl (C=O) groups excluding carboxylic acids is 3. The number of carboxylic acids is 2. The SMILES string of the molecule is CC(=O)OCCCP(=O)(CCCOC(=O)/C=C\C(=O)O)CCCOC(=O)/C=C\C(=O)O. The summed E-state index contributed by atoms with van der Waals surface area (Å²) in [6.07, 6.45) is 4.51. The second-order valence-electron chi connectivity index (χ2n) is 6.31. The van der Waals surface area contributed by atoms with E-state index in [4.69, 9.17) is 24.4 Å². The molecule has 174 valence electrons. The quantitative estimate of drug-likeness (QED) is 0.112. The highest BCUT2D eigenvalue weighted by Crippen LogP contribution is 2.47. The molecule has 0 aliphatic rings. The van der Waals surface area contributed by atoms with Crippen molar-refractivity contribution in [3.8, 4) is 0 Å². The minimum atomic E-state index is -2.76. The Bertz CT molecular complexity index is 691. The number of carboxylic acid groups (broad SMARTS) is 2. The van der Waals surface area contributed by atoms with Gasteiger partial charge < -0.3 is 29.0 Å². The van der Waals surface area contributed by atoms with Crippen LogP contribution in [-0.4, -0.2) is 78.4 Å². The van der Waals surface area contributed by atoms with E-state index in [0.29, 0.717) is 18.6 Å². The van der Waals surface area contributed by atoms with Gasteiger partial charge in [0.25, 0.3) is 0 Å². The van der Waals surface area contributed by atoms with Crippen molar-refractivity contribution in [2.75, 3.05) is 38.3 Å². The van der Waals surface area contributed by atoms with Crippen LogP contribution in [0.5, 0.6) is 0 Å². The summed E-state index contributed by atoms with van der Waals surface area (Å²) in [5.74, 6) is -4.67. The van der Waals surface area contributed by atoms with Crippen molar-refractivity contribution in [1.29, 1.82) is 0 Å². The lowest BCUT2D eigenvalue weighted by atomic mass is 10.5. The van der Waals surface area contributed by atoms with Gasteiger partial charge in [0, 0.05) is 49.7 Å². The van der Waals surface area contributed by atoms with Crippen LogP contribution in [0.1, 0.15) is 26.2 Å². The van der Waals surface area contributed by atoms with E-state index in [9.17, 15) is 28.5 Å². The number of hydrogen-bond acceptors (Lipinski definition) is 9. The molecule has 0 aliphatic heterocycles.